The number of nitrogens with zero attached hydrogens (tertiary/aromatic N) is 4. The Morgan fingerprint density at radius 1 is 1.17 bits per heavy atom. The predicted octanol–water partition coefficient (Wildman–Crippen LogP) is -0.265. The Hall–Kier alpha value is -1.45. The number of nitrogens with two attached hydrogens (primary N) is 2. The minimum Gasteiger partial charge on any atom is -0.368 e. The summed E-state index contributed by atoms with van der Waals surface area (Å²) in [7, 11) is -3.15. The van der Waals surface area contributed by atoms with Gasteiger partial charge in [-0.2, -0.15) is 4.98 Å². The number of hydrogen-bond acceptors (Lipinski definition) is 7. The van der Waals surface area contributed by atoms with Crippen molar-refractivity contribution in [2.45, 2.75) is 31.2 Å². The molecule has 3 rings (SSSR count). The van der Waals surface area contributed by atoms with E-state index in [1.807, 2.05) is 6.07 Å². The zero-order valence-corrected chi connectivity index (χ0v) is 14.2. The van der Waals surface area contributed by atoms with Gasteiger partial charge < -0.3 is 16.4 Å². The van der Waals surface area contributed by atoms with Crippen molar-refractivity contribution in [1.82, 2.24) is 14.3 Å². The predicted molar refractivity (Wildman–Crippen MR) is 89.6 cm³/mol. The largest absolute Gasteiger partial charge is 0.368 e. The fourth-order valence-electron chi connectivity index (χ4n) is 3.20. The highest BCUT2D eigenvalue weighted by Crippen LogP contribution is 2.35. The van der Waals surface area contributed by atoms with Crippen molar-refractivity contribution >= 4 is 21.8 Å². The maximum absolute atomic E-state index is 11.7. The first-order chi connectivity index (χ1) is 10.8. The Bertz CT molecular complexity index is 674. The minimum absolute atomic E-state index is 0.251. The molecular weight excluding hydrogens is 316 g/mol. The molecule has 0 atom stereocenters. The van der Waals surface area contributed by atoms with E-state index in [1.165, 1.54) is 10.6 Å². The van der Waals surface area contributed by atoms with Gasteiger partial charge in [-0.05, 0) is 19.3 Å². The number of aromatic nitrogens is 2. The van der Waals surface area contributed by atoms with Crippen molar-refractivity contribution < 1.29 is 8.42 Å². The Labute approximate surface area is 136 Å². The standard InChI is InChI=1S/C14H24N6O2S/c1-23(21,22)20-4-2-3-19(5-6-20)13-9-12(17-14(16)18-13)10-7-11(15)8-10/h9-11H,2-8,15H2,1H3,(H2,16,17,18). The van der Waals surface area contributed by atoms with E-state index in [0.29, 0.717) is 25.6 Å². The summed E-state index contributed by atoms with van der Waals surface area (Å²) in [5, 5.41) is 0. The topological polar surface area (TPSA) is 118 Å². The second-order valence-corrected chi connectivity index (χ2v) is 8.42. The van der Waals surface area contributed by atoms with E-state index in [2.05, 4.69) is 14.9 Å². The molecule has 1 aromatic rings. The molecule has 1 aromatic heterocycles. The second kappa shape index (κ2) is 6.21. The zero-order valence-electron chi connectivity index (χ0n) is 13.4. The number of rotatable bonds is 3. The molecule has 0 amide bonds. The van der Waals surface area contributed by atoms with Gasteiger partial charge in [0.1, 0.15) is 5.82 Å². The van der Waals surface area contributed by atoms with Crippen molar-refractivity contribution in [3.63, 3.8) is 0 Å². The van der Waals surface area contributed by atoms with Crippen molar-refractivity contribution in [3.05, 3.63) is 11.8 Å². The van der Waals surface area contributed by atoms with Crippen LogP contribution in [0.3, 0.4) is 0 Å². The Morgan fingerprint density at radius 3 is 2.57 bits per heavy atom. The molecule has 2 fully saturated rings. The highest BCUT2D eigenvalue weighted by molar-refractivity contribution is 7.88. The van der Waals surface area contributed by atoms with Crippen molar-refractivity contribution in [3.8, 4) is 0 Å². The summed E-state index contributed by atoms with van der Waals surface area (Å²) in [6.07, 6.45) is 3.87. The molecule has 0 spiro atoms. The van der Waals surface area contributed by atoms with E-state index < -0.39 is 10.0 Å². The first kappa shape index (κ1) is 16.4. The quantitative estimate of drug-likeness (QED) is 0.778. The van der Waals surface area contributed by atoms with Gasteiger partial charge in [0.15, 0.2) is 0 Å². The smallest absolute Gasteiger partial charge is 0.222 e. The average Bonchev–Trinajstić information content (AvgIpc) is 2.68. The number of anilines is 2. The van der Waals surface area contributed by atoms with Gasteiger partial charge >= 0.3 is 0 Å². The third-order valence-corrected chi connectivity index (χ3v) is 5.89. The average molecular weight is 340 g/mol. The summed E-state index contributed by atoms with van der Waals surface area (Å²) >= 11 is 0. The highest BCUT2D eigenvalue weighted by Gasteiger charge is 2.30. The first-order valence-electron chi connectivity index (χ1n) is 7.93. The van der Waals surface area contributed by atoms with Crippen LogP contribution in [0.1, 0.15) is 30.9 Å². The molecule has 9 heteroatoms. The van der Waals surface area contributed by atoms with Crippen LogP contribution in [-0.4, -0.2) is 61.2 Å². The van der Waals surface area contributed by atoms with Gasteiger partial charge in [-0.1, -0.05) is 0 Å². The molecule has 0 aromatic carbocycles. The van der Waals surface area contributed by atoms with Gasteiger partial charge in [0.2, 0.25) is 16.0 Å². The number of hydrogen-bond donors (Lipinski definition) is 2. The van der Waals surface area contributed by atoms with E-state index in [-0.39, 0.29) is 12.0 Å². The van der Waals surface area contributed by atoms with E-state index >= 15 is 0 Å². The maximum Gasteiger partial charge on any atom is 0.222 e. The lowest BCUT2D eigenvalue weighted by Gasteiger charge is -2.32. The SMILES string of the molecule is CS(=O)(=O)N1CCCN(c2cc(C3CC(N)C3)nc(N)n2)CC1. The van der Waals surface area contributed by atoms with Gasteiger partial charge in [-0.3, -0.25) is 0 Å². The van der Waals surface area contributed by atoms with Crippen LogP contribution in [-0.2, 0) is 10.0 Å². The van der Waals surface area contributed by atoms with Crippen LogP contribution in [0.4, 0.5) is 11.8 Å². The van der Waals surface area contributed by atoms with E-state index in [1.54, 1.807) is 0 Å². The molecule has 1 saturated heterocycles. The summed E-state index contributed by atoms with van der Waals surface area (Å²) in [6, 6.07) is 2.23. The van der Waals surface area contributed by atoms with Crippen LogP contribution >= 0.6 is 0 Å². The fourth-order valence-corrected chi connectivity index (χ4v) is 4.07. The van der Waals surface area contributed by atoms with Crippen LogP contribution in [0.25, 0.3) is 0 Å². The molecule has 1 aliphatic carbocycles. The van der Waals surface area contributed by atoms with Crippen molar-refractivity contribution in [1.29, 1.82) is 0 Å². The molecule has 128 valence electrons. The molecule has 2 heterocycles. The van der Waals surface area contributed by atoms with Gasteiger partial charge in [0, 0.05) is 44.2 Å². The van der Waals surface area contributed by atoms with Crippen LogP contribution in [0, 0.1) is 0 Å². The Morgan fingerprint density at radius 2 is 1.91 bits per heavy atom. The lowest BCUT2D eigenvalue weighted by Crippen LogP contribution is -2.36. The van der Waals surface area contributed by atoms with Crippen LogP contribution in [0.15, 0.2) is 6.07 Å². The fraction of sp³-hybridized carbons (Fsp3) is 0.714. The molecule has 0 unspecified atom stereocenters. The molecule has 4 N–H and O–H groups in total. The van der Waals surface area contributed by atoms with Gasteiger partial charge in [0.25, 0.3) is 0 Å². The van der Waals surface area contributed by atoms with Gasteiger partial charge in [-0.25, -0.2) is 17.7 Å². The number of sulfonamides is 1. The van der Waals surface area contributed by atoms with Crippen LogP contribution in [0.2, 0.25) is 0 Å². The molecule has 2 aliphatic rings. The van der Waals surface area contributed by atoms with Crippen LogP contribution in [0.5, 0.6) is 0 Å². The molecule has 8 nitrogen and oxygen atoms in total. The number of nitrogen functional groups attached to an aromatic ring is 1. The van der Waals surface area contributed by atoms with E-state index in [9.17, 15) is 8.42 Å². The highest BCUT2D eigenvalue weighted by atomic mass is 32.2. The molecule has 23 heavy (non-hydrogen) atoms. The summed E-state index contributed by atoms with van der Waals surface area (Å²) in [6.45, 7) is 2.37. The molecular formula is C14H24N6O2S. The van der Waals surface area contributed by atoms with E-state index in [0.717, 1.165) is 37.3 Å². The maximum atomic E-state index is 11.7. The van der Waals surface area contributed by atoms with E-state index in [4.69, 9.17) is 11.5 Å². The monoisotopic (exact) mass is 340 g/mol. The summed E-state index contributed by atoms with van der Waals surface area (Å²) in [5.74, 6) is 1.40. The Balaban J connectivity index is 1.76. The third-order valence-electron chi connectivity index (χ3n) is 4.59. The minimum atomic E-state index is -3.15. The summed E-state index contributed by atoms with van der Waals surface area (Å²) in [5.41, 5.74) is 12.7. The lowest BCUT2D eigenvalue weighted by molar-refractivity contribution is 0.345. The van der Waals surface area contributed by atoms with Crippen LogP contribution < -0.4 is 16.4 Å². The summed E-state index contributed by atoms with van der Waals surface area (Å²) in [4.78, 5) is 10.8. The van der Waals surface area contributed by atoms with Crippen molar-refractivity contribution in [2.24, 2.45) is 5.73 Å². The lowest BCUT2D eigenvalue weighted by atomic mass is 9.78. The zero-order chi connectivity index (χ0) is 16.6. The first-order valence-corrected chi connectivity index (χ1v) is 9.78. The van der Waals surface area contributed by atoms with Gasteiger partial charge in [-0.15, -0.1) is 0 Å². The third kappa shape index (κ3) is 3.73. The summed E-state index contributed by atoms with van der Waals surface area (Å²) < 4.78 is 24.9. The Kier molecular flexibility index (Phi) is 4.43. The second-order valence-electron chi connectivity index (χ2n) is 6.44. The normalized spacial score (nSPS) is 26.6. The molecule has 1 saturated carbocycles. The van der Waals surface area contributed by atoms with Gasteiger partial charge in [0.05, 0.1) is 11.9 Å². The molecule has 0 radical (unpaired) electrons. The molecule has 0 bridgehead atoms. The molecule has 1 aliphatic heterocycles. The van der Waals surface area contributed by atoms with Crippen molar-refractivity contribution in [2.75, 3.05) is 43.1 Å².